The van der Waals surface area contributed by atoms with Crippen LogP contribution in [-0.2, 0) is 19.0 Å². The van der Waals surface area contributed by atoms with Crippen LogP contribution in [0.25, 0.3) is 0 Å². The van der Waals surface area contributed by atoms with E-state index in [9.17, 15) is 4.79 Å². The van der Waals surface area contributed by atoms with E-state index in [1.807, 2.05) is 6.92 Å². The SMILES string of the molecule is CCOC(C)OCC(=O)OC. The van der Waals surface area contributed by atoms with Crippen molar-refractivity contribution in [1.82, 2.24) is 0 Å². The average Bonchev–Trinajstić information content (AvgIpc) is 2.01. The molecule has 0 amide bonds. The molecular formula is C7H14O4. The summed E-state index contributed by atoms with van der Waals surface area (Å²) in [4.78, 5) is 10.5. The molecule has 0 aliphatic heterocycles. The monoisotopic (exact) mass is 162 g/mol. The fourth-order valence-electron chi connectivity index (χ4n) is 0.527. The van der Waals surface area contributed by atoms with Crippen LogP contribution in [0.2, 0.25) is 0 Å². The van der Waals surface area contributed by atoms with Gasteiger partial charge in [0.25, 0.3) is 0 Å². The summed E-state index contributed by atoms with van der Waals surface area (Å²) in [6.07, 6.45) is -0.348. The molecule has 0 spiro atoms. The first-order chi connectivity index (χ1) is 5.20. The van der Waals surface area contributed by atoms with Crippen molar-refractivity contribution in [2.45, 2.75) is 20.1 Å². The Balaban J connectivity index is 3.29. The Hall–Kier alpha value is -0.610. The highest BCUT2D eigenvalue weighted by molar-refractivity contribution is 5.70. The number of hydrogen-bond donors (Lipinski definition) is 0. The van der Waals surface area contributed by atoms with Crippen LogP contribution in [0.5, 0.6) is 0 Å². The van der Waals surface area contributed by atoms with E-state index in [0.29, 0.717) is 6.61 Å². The highest BCUT2D eigenvalue weighted by Gasteiger charge is 2.04. The Morgan fingerprint density at radius 1 is 1.45 bits per heavy atom. The summed E-state index contributed by atoms with van der Waals surface area (Å²) in [6.45, 7) is 4.10. The van der Waals surface area contributed by atoms with Gasteiger partial charge in [0.2, 0.25) is 0 Å². The van der Waals surface area contributed by atoms with Crippen molar-refractivity contribution in [2.24, 2.45) is 0 Å². The summed E-state index contributed by atoms with van der Waals surface area (Å²) >= 11 is 0. The van der Waals surface area contributed by atoms with Gasteiger partial charge in [-0.25, -0.2) is 4.79 Å². The van der Waals surface area contributed by atoms with Crippen molar-refractivity contribution in [1.29, 1.82) is 0 Å². The van der Waals surface area contributed by atoms with Crippen molar-refractivity contribution in [3.63, 3.8) is 0 Å². The van der Waals surface area contributed by atoms with E-state index in [1.54, 1.807) is 6.92 Å². The fourth-order valence-corrected chi connectivity index (χ4v) is 0.527. The predicted octanol–water partition coefficient (Wildman–Crippen LogP) is 0.558. The molecule has 0 bridgehead atoms. The summed E-state index contributed by atoms with van der Waals surface area (Å²) in [5.41, 5.74) is 0. The first kappa shape index (κ1) is 10.4. The van der Waals surface area contributed by atoms with Crippen molar-refractivity contribution in [3.05, 3.63) is 0 Å². The highest BCUT2D eigenvalue weighted by Crippen LogP contribution is 1.92. The zero-order chi connectivity index (χ0) is 8.69. The number of esters is 1. The zero-order valence-electron chi connectivity index (χ0n) is 7.12. The van der Waals surface area contributed by atoms with Gasteiger partial charge >= 0.3 is 5.97 Å². The first-order valence-electron chi connectivity index (χ1n) is 3.50. The topological polar surface area (TPSA) is 44.8 Å². The summed E-state index contributed by atoms with van der Waals surface area (Å²) in [7, 11) is 1.32. The molecule has 0 saturated carbocycles. The molecule has 1 unspecified atom stereocenters. The summed E-state index contributed by atoms with van der Waals surface area (Å²) < 4.78 is 14.3. The van der Waals surface area contributed by atoms with Crippen LogP contribution in [0.15, 0.2) is 0 Å². The fraction of sp³-hybridized carbons (Fsp3) is 0.857. The minimum Gasteiger partial charge on any atom is -0.467 e. The number of methoxy groups -OCH3 is 1. The van der Waals surface area contributed by atoms with Crippen LogP contribution >= 0.6 is 0 Å². The lowest BCUT2D eigenvalue weighted by Gasteiger charge is -2.10. The molecule has 0 saturated heterocycles. The van der Waals surface area contributed by atoms with Gasteiger partial charge in [-0.3, -0.25) is 0 Å². The van der Waals surface area contributed by atoms with E-state index >= 15 is 0 Å². The lowest BCUT2D eigenvalue weighted by atomic mass is 10.7. The first-order valence-corrected chi connectivity index (χ1v) is 3.50. The van der Waals surface area contributed by atoms with Crippen molar-refractivity contribution in [3.8, 4) is 0 Å². The Kier molecular flexibility index (Phi) is 5.78. The largest absolute Gasteiger partial charge is 0.467 e. The number of carbonyl (C=O) groups excluding carboxylic acids is 1. The van der Waals surface area contributed by atoms with Crippen LogP contribution in [-0.4, -0.2) is 32.6 Å². The van der Waals surface area contributed by atoms with Gasteiger partial charge in [-0.1, -0.05) is 0 Å². The van der Waals surface area contributed by atoms with Gasteiger partial charge in [0.1, 0.15) is 6.61 Å². The van der Waals surface area contributed by atoms with Gasteiger partial charge in [0, 0.05) is 6.61 Å². The number of rotatable bonds is 5. The zero-order valence-corrected chi connectivity index (χ0v) is 7.12. The minimum absolute atomic E-state index is 0.0579. The van der Waals surface area contributed by atoms with Gasteiger partial charge in [-0.2, -0.15) is 0 Å². The summed E-state index contributed by atoms with van der Waals surface area (Å²) in [5, 5.41) is 0. The Morgan fingerprint density at radius 2 is 2.09 bits per heavy atom. The second kappa shape index (κ2) is 6.12. The van der Waals surface area contributed by atoms with Crippen LogP contribution in [0.4, 0.5) is 0 Å². The van der Waals surface area contributed by atoms with E-state index in [0.717, 1.165) is 0 Å². The Labute approximate surface area is 66.4 Å². The normalized spacial score (nSPS) is 12.6. The van der Waals surface area contributed by atoms with Gasteiger partial charge < -0.3 is 14.2 Å². The molecule has 0 aromatic heterocycles. The van der Waals surface area contributed by atoms with Crippen LogP contribution in [0, 0.1) is 0 Å². The molecule has 0 aliphatic rings. The molecule has 4 nitrogen and oxygen atoms in total. The molecule has 0 heterocycles. The third-order valence-corrected chi connectivity index (χ3v) is 1.06. The van der Waals surface area contributed by atoms with Gasteiger partial charge in [-0.05, 0) is 13.8 Å². The maximum Gasteiger partial charge on any atom is 0.331 e. The Bertz CT molecular complexity index is 113. The van der Waals surface area contributed by atoms with Crippen molar-refractivity contribution < 1.29 is 19.0 Å². The molecular weight excluding hydrogens is 148 g/mol. The molecule has 0 aromatic rings. The Morgan fingerprint density at radius 3 is 2.55 bits per heavy atom. The maximum absolute atomic E-state index is 10.5. The lowest BCUT2D eigenvalue weighted by Crippen LogP contribution is -2.19. The summed E-state index contributed by atoms with van der Waals surface area (Å²) in [5.74, 6) is -0.392. The maximum atomic E-state index is 10.5. The standard InChI is InChI=1S/C7H14O4/c1-4-10-6(2)11-5-7(8)9-3/h6H,4-5H2,1-3H3. The molecule has 0 aliphatic carbocycles. The van der Waals surface area contributed by atoms with E-state index in [1.165, 1.54) is 7.11 Å². The van der Waals surface area contributed by atoms with E-state index in [2.05, 4.69) is 4.74 Å². The highest BCUT2D eigenvalue weighted by atomic mass is 16.7. The minimum atomic E-state index is -0.392. The molecule has 0 rings (SSSR count). The molecule has 4 heteroatoms. The number of carbonyl (C=O) groups is 1. The molecule has 0 fully saturated rings. The quantitative estimate of drug-likeness (QED) is 0.437. The molecule has 0 radical (unpaired) electrons. The average molecular weight is 162 g/mol. The molecule has 0 aromatic carbocycles. The van der Waals surface area contributed by atoms with Gasteiger partial charge in [0.05, 0.1) is 7.11 Å². The second-order valence-corrected chi connectivity index (χ2v) is 1.91. The van der Waals surface area contributed by atoms with E-state index in [-0.39, 0.29) is 12.9 Å². The second-order valence-electron chi connectivity index (χ2n) is 1.91. The van der Waals surface area contributed by atoms with Gasteiger partial charge in [-0.15, -0.1) is 0 Å². The predicted molar refractivity (Wildman–Crippen MR) is 39.1 cm³/mol. The molecule has 1 atom stereocenters. The van der Waals surface area contributed by atoms with Crippen LogP contribution < -0.4 is 0 Å². The number of hydrogen-bond acceptors (Lipinski definition) is 4. The third kappa shape index (κ3) is 5.82. The molecule has 11 heavy (non-hydrogen) atoms. The third-order valence-electron chi connectivity index (χ3n) is 1.06. The van der Waals surface area contributed by atoms with E-state index < -0.39 is 5.97 Å². The van der Waals surface area contributed by atoms with Gasteiger partial charge in [0.15, 0.2) is 6.29 Å². The van der Waals surface area contributed by atoms with Crippen LogP contribution in [0.3, 0.4) is 0 Å². The summed E-state index contributed by atoms with van der Waals surface area (Å²) in [6, 6.07) is 0. The molecule has 0 N–H and O–H groups in total. The van der Waals surface area contributed by atoms with Crippen LogP contribution in [0.1, 0.15) is 13.8 Å². The molecule has 66 valence electrons. The van der Waals surface area contributed by atoms with E-state index in [4.69, 9.17) is 9.47 Å². The van der Waals surface area contributed by atoms with Crippen molar-refractivity contribution >= 4 is 5.97 Å². The smallest absolute Gasteiger partial charge is 0.331 e. The van der Waals surface area contributed by atoms with Crippen molar-refractivity contribution in [2.75, 3.05) is 20.3 Å². The number of ether oxygens (including phenoxy) is 3. The lowest BCUT2D eigenvalue weighted by molar-refractivity contribution is -0.165.